The molecule has 0 unspecified atom stereocenters. The van der Waals surface area contributed by atoms with Gasteiger partial charge in [-0.2, -0.15) is 0 Å². The number of amides is 1. The van der Waals surface area contributed by atoms with Crippen LogP contribution in [-0.2, 0) is 14.3 Å². The van der Waals surface area contributed by atoms with Gasteiger partial charge in [-0.05, 0) is 37.5 Å². The molecule has 0 aliphatic carbocycles. The second-order valence-corrected chi connectivity index (χ2v) is 5.87. The molecule has 0 aromatic heterocycles. The Morgan fingerprint density at radius 1 is 1.12 bits per heavy atom. The maximum Gasteiger partial charge on any atom is 0.344 e. The van der Waals surface area contributed by atoms with Gasteiger partial charge in [0, 0.05) is 6.42 Å². The van der Waals surface area contributed by atoms with Gasteiger partial charge >= 0.3 is 5.97 Å². The van der Waals surface area contributed by atoms with E-state index in [9.17, 15) is 9.59 Å². The van der Waals surface area contributed by atoms with Crippen LogP contribution in [0.4, 0.5) is 0 Å². The number of aryl methyl sites for hydroxylation is 1. The molecule has 0 saturated carbocycles. The highest BCUT2D eigenvalue weighted by Crippen LogP contribution is 2.20. The number of carbonyl (C=O) groups excluding carboxylic acids is 2. The van der Waals surface area contributed by atoms with Crippen LogP contribution >= 0.6 is 0 Å². The highest BCUT2D eigenvalue weighted by molar-refractivity contribution is 5.75. The Balaban J connectivity index is 2.12. The highest BCUT2D eigenvalue weighted by atomic mass is 16.6. The van der Waals surface area contributed by atoms with Crippen molar-refractivity contribution in [3.63, 3.8) is 0 Å². The van der Waals surface area contributed by atoms with E-state index in [0.717, 1.165) is 36.8 Å². The average Bonchev–Trinajstić information content (AvgIpc) is 2.57. The molecule has 1 rings (SSSR count). The van der Waals surface area contributed by atoms with E-state index >= 15 is 0 Å². The summed E-state index contributed by atoms with van der Waals surface area (Å²) in [6.07, 6.45) is 4.83. The van der Waals surface area contributed by atoms with E-state index in [1.807, 2.05) is 32.0 Å². The minimum absolute atomic E-state index is 0.00814. The zero-order valence-corrected chi connectivity index (χ0v) is 15.0. The number of unbranched alkanes of at least 4 members (excludes halogenated alkanes) is 3. The van der Waals surface area contributed by atoms with E-state index in [1.54, 1.807) is 0 Å². The smallest absolute Gasteiger partial charge is 0.344 e. The molecule has 0 aliphatic rings. The molecule has 134 valence electrons. The van der Waals surface area contributed by atoms with Crippen LogP contribution in [0, 0.1) is 13.8 Å². The van der Waals surface area contributed by atoms with Gasteiger partial charge in [-0.15, -0.1) is 0 Å². The predicted octanol–water partition coefficient (Wildman–Crippen LogP) is 3.31. The number of hydrogen-bond acceptors (Lipinski definition) is 4. The Bertz CT molecular complexity index is 528. The molecule has 5 nitrogen and oxygen atoms in total. The van der Waals surface area contributed by atoms with Crippen molar-refractivity contribution >= 4 is 11.9 Å². The molecule has 0 atom stereocenters. The summed E-state index contributed by atoms with van der Waals surface area (Å²) >= 11 is 0. The van der Waals surface area contributed by atoms with Crippen LogP contribution in [0.15, 0.2) is 18.2 Å². The minimum Gasteiger partial charge on any atom is -0.482 e. The van der Waals surface area contributed by atoms with E-state index in [1.165, 1.54) is 0 Å². The first-order valence-electron chi connectivity index (χ1n) is 8.66. The summed E-state index contributed by atoms with van der Waals surface area (Å²) in [6, 6.07) is 5.71. The lowest BCUT2D eigenvalue weighted by Gasteiger charge is -2.11. The second kappa shape index (κ2) is 11.5. The first-order chi connectivity index (χ1) is 11.5. The molecule has 5 heteroatoms. The number of nitrogens with one attached hydrogen (secondary N) is 1. The molecule has 1 aromatic carbocycles. The predicted molar refractivity (Wildman–Crippen MR) is 94.1 cm³/mol. The van der Waals surface area contributed by atoms with Gasteiger partial charge in [-0.1, -0.05) is 38.3 Å². The quantitative estimate of drug-likeness (QED) is 0.498. The van der Waals surface area contributed by atoms with E-state index in [0.29, 0.717) is 18.7 Å². The zero-order chi connectivity index (χ0) is 17.8. The van der Waals surface area contributed by atoms with Gasteiger partial charge in [0.25, 0.3) is 0 Å². The van der Waals surface area contributed by atoms with Crippen LogP contribution in [-0.4, -0.2) is 31.6 Å². The molecule has 0 spiro atoms. The van der Waals surface area contributed by atoms with E-state index in [2.05, 4.69) is 12.2 Å². The fraction of sp³-hybridized carbons (Fsp3) is 0.579. The molecule has 1 N–H and O–H groups in total. The molecule has 0 radical (unpaired) electrons. The Morgan fingerprint density at radius 3 is 2.67 bits per heavy atom. The first-order valence-corrected chi connectivity index (χ1v) is 8.66. The molecule has 0 aliphatic heterocycles. The van der Waals surface area contributed by atoms with Crippen LogP contribution in [0.2, 0.25) is 0 Å². The minimum atomic E-state index is -0.437. The van der Waals surface area contributed by atoms with Gasteiger partial charge in [-0.3, -0.25) is 4.79 Å². The van der Waals surface area contributed by atoms with Gasteiger partial charge in [0.05, 0.1) is 6.54 Å². The Kier molecular flexibility index (Phi) is 9.58. The van der Waals surface area contributed by atoms with Gasteiger partial charge in [0.15, 0.2) is 6.61 Å². The Hall–Kier alpha value is -2.04. The van der Waals surface area contributed by atoms with E-state index < -0.39 is 5.97 Å². The highest BCUT2D eigenvalue weighted by Gasteiger charge is 2.07. The van der Waals surface area contributed by atoms with Crippen molar-refractivity contribution in [2.24, 2.45) is 0 Å². The first kappa shape index (κ1) is 20.0. The largest absolute Gasteiger partial charge is 0.482 e. The Morgan fingerprint density at radius 2 is 1.92 bits per heavy atom. The Labute approximate surface area is 144 Å². The number of benzene rings is 1. The lowest BCUT2D eigenvalue weighted by atomic mass is 10.1. The fourth-order valence-corrected chi connectivity index (χ4v) is 2.21. The standard InChI is InChI=1S/C19H29NO4/c1-4-5-6-7-11-18(21)20-12-13-23-19(22)14-24-17-10-8-9-15(2)16(17)3/h8-10H,4-7,11-14H2,1-3H3,(H,20,21). The van der Waals surface area contributed by atoms with Crippen LogP contribution in [0.3, 0.4) is 0 Å². The molecular weight excluding hydrogens is 306 g/mol. The molecule has 1 aromatic rings. The average molecular weight is 335 g/mol. The molecule has 1 amide bonds. The lowest BCUT2D eigenvalue weighted by Crippen LogP contribution is -2.28. The van der Waals surface area contributed by atoms with E-state index in [4.69, 9.17) is 9.47 Å². The summed E-state index contributed by atoms with van der Waals surface area (Å²) in [7, 11) is 0. The fourth-order valence-electron chi connectivity index (χ4n) is 2.21. The van der Waals surface area contributed by atoms with Crippen molar-refractivity contribution in [1.29, 1.82) is 0 Å². The summed E-state index contributed by atoms with van der Waals surface area (Å²) in [5, 5.41) is 2.75. The van der Waals surface area contributed by atoms with Crippen molar-refractivity contribution in [3.05, 3.63) is 29.3 Å². The second-order valence-electron chi connectivity index (χ2n) is 5.87. The van der Waals surface area contributed by atoms with Crippen molar-refractivity contribution < 1.29 is 19.1 Å². The third-order valence-corrected chi connectivity index (χ3v) is 3.85. The third-order valence-electron chi connectivity index (χ3n) is 3.85. The van der Waals surface area contributed by atoms with Gasteiger partial charge in [0.1, 0.15) is 12.4 Å². The monoisotopic (exact) mass is 335 g/mol. The maximum atomic E-state index is 11.6. The SMILES string of the molecule is CCCCCCC(=O)NCCOC(=O)COc1cccc(C)c1C. The van der Waals surface area contributed by atoms with Gasteiger partial charge in [-0.25, -0.2) is 4.79 Å². The van der Waals surface area contributed by atoms with Crippen LogP contribution in [0.5, 0.6) is 5.75 Å². The summed E-state index contributed by atoms with van der Waals surface area (Å²) in [6.45, 7) is 6.45. The number of hydrogen-bond donors (Lipinski definition) is 1. The number of ether oxygens (including phenoxy) is 2. The molecule has 0 fully saturated rings. The molecule has 24 heavy (non-hydrogen) atoms. The van der Waals surface area contributed by atoms with Crippen molar-refractivity contribution in [2.75, 3.05) is 19.8 Å². The van der Waals surface area contributed by atoms with Crippen molar-refractivity contribution in [1.82, 2.24) is 5.32 Å². The number of carbonyl (C=O) groups is 2. The summed E-state index contributed by atoms with van der Waals surface area (Å²) in [5.41, 5.74) is 2.13. The van der Waals surface area contributed by atoms with Crippen LogP contribution in [0.1, 0.15) is 50.2 Å². The van der Waals surface area contributed by atoms with Crippen molar-refractivity contribution in [2.45, 2.75) is 52.9 Å². The topological polar surface area (TPSA) is 64.6 Å². The van der Waals surface area contributed by atoms with Gasteiger partial charge in [0.2, 0.25) is 5.91 Å². The maximum absolute atomic E-state index is 11.6. The normalized spacial score (nSPS) is 10.3. The summed E-state index contributed by atoms with van der Waals surface area (Å²) in [4.78, 5) is 23.2. The van der Waals surface area contributed by atoms with E-state index in [-0.39, 0.29) is 19.1 Å². The zero-order valence-electron chi connectivity index (χ0n) is 15.0. The lowest BCUT2D eigenvalue weighted by molar-refractivity contribution is -0.146. The number of esters is 1. The van der Waals surface area contributed by atoms with Crippen LogP contribution in [0.25, 0.3) is 0 Å². The summed E-state index contributed by atoms with van der Waals surface area (Å²) in [5.74, 6) is 0.259. The molecule has 0 heterocycles. The summed E-state index contributed by atoms with van der Waals surface area (Å²) < 4.78 is 10.5. The molecule has 0 bridgehead atoms. The third kappa shape index (κ3) is 7.99. The number of rotatable bonds is 11. The van der Waals surface area contributed by atoms with Gasteiger partial charge < -0.3 is 14.8 Å². The molecule has 0 saturated heterocycles. The van der Waals surface area contributed by atoms with Crippen molar-refractivity contribution in [3.8, 4) is 5.75 Å². The molecular formula is C19H29NO4. The van der Waals surface area contributed by atoms with Crippen LogP contribution < -0.4 is 10.1 Å².